The third kappa shape index (κ3) is 6.33. The molecule has 0 aliphatic heterocycles. The summed E-state index contributed by atoms with van der Waals surface area (Å²) in [5.74, 6) is 0.707. The van der Waals surface area contributed by atoms with E-state index in [-0.39, 0.29) is 5.41 Å². The molecule has 0 saturated carbocycles. The van der Waals surface area contributed by atoms with Crippen molar-refractivity contribution in [2.24, 2.45) is 17.1 Å². The summed E-state index contributed by atoms with van der Waals surface area (Å²) in [6, 6.07) is 0. The van der Waals surface area contributed by atoms with Crippen LogP contribution in [0.3, 0.4) is 0 Å². The summed E-state index contributed by atoms with van der Waals surface area (Å²) >= 11 is 4.97. The van der Waals surface area contributed by atoms with Gasteiger partial charge in [-0.05, 0) is 18.8 Å². The third-order valence-electron chi connectivity index (χ3n) is 2.38. The topological polar surface area (TPSA) is 35.2 Å². The molecule has 0 aliphatic carbocycles. The standard InChI is InChI=1S/C11H23NOS/c1-9(2)5-7-13-8-6-11(3,4)10(12)14/h9H,5-8H2,1-4H3,(H2,12,14). The van der Waals surface area contributed by atoms with E-state index in [1.54, 1.807) is 0 Å². The second-order valence-electron chi connectivity index (χ2n) is 4.79. The van der Waals surface area contributed by atoms with E-state index in [4.69, 9.17) is 22.7 Å². The van der Waals surface area contributed by atoms with Crippen LogP contribution in [0, 0.1) is 11.3 Å². The first kappa shape index (κ1) is 13.8. The molecule has 0 aromatic heterocycles. The predicted octanol–water partition coefficient (Wildman–Crippen LogP) is 2.75. The molecule has 0 aromatic rings. The Balaban J connectivity index is 3.49. The van der Waals surface area contributed by atoms with Gasteiger partial charge in [-0.25, -0.2) is 0 Å². The van der Waals surface area contributed by atoms with Crippen LogP contribution in [0.15, 0.2) is 0 Å². The Labute approximate surface area is 93.2 Å². The summed E-state index contributed by atoms with van der Waals surface area (Å²) in [4.78, 5) is 0.574. The van der Waals surface area contributed by atoms with Gasteiger partial charge in [0.2, 0.25) is 0 Å². The van der Waals surface area contributed by atoms with Gasteiger partial charge in [-0.1, -0.05) is 39.9 Å². The van der Waals surface area contributed by atoms with Crippen LogP contribution in [-0.4, -0.2) is 18.2 Å². The fourth-order valence-electron chi connectivity index (χ4n) is 0.872. The molecule has 3 heteroatoms. The first-order valence-corrected chi connectivity index (χ1v) is 5.64. The Hall–Kier alpha value is -0.150. The molecule has 0 unspecified atom stereocenters. The highest BCUT2D eigenvalue weighted by Gasteiger charge is 2.20. The molecule has 0 heterocycles. The van der Waals surface area contributed by atoms with Crippen LogP contribution >= 0.6 is 12.2 Å². The van der Waals surface area contributed by atoms with Crippen molar-refractivity contribution >= 4 is 17.2 Å². The average molecular weight is 217 g/mol. The Morgan fingerprint density at radius 3 is 2.36 bits per heavy atom. The van der Waals surface area contributed by atoms with Gasteiger partial charge in [-0.15, -0.1) is 0 Å². The quantitative estimate of drug-likeness (QED) is 0.526. The molecular formula is C11H23NOS. The van der Waals surface area contributed by atoms with Crippen LogP contribution in [0.2, 0.25) is 0 Å². The van der Waals surface area contributed by atoms with Gasteiger partial charge in [0.1, 0.15) is 0 Å². The minimum absolute atomic E-state index is 0.0762. The summed E-state index contributed by atoms with van der Waals surface area (Å²) in [6.45, 7) is 10.1. The number of ether oxygens (including phenoxy) is 1. The molecule has 0 amide bonds. The molecule has 0 rings (SSSR count). The molecule has 0 fully saturated rings. The summed E-state index contributed by atoms with van der Waals surface area (Å²) in [7, 11) is 0. The molecule has 0 saturated heterocycles. The Morgan fingerprint density at radius 2 is 1.93 bits per heavy atom. The first-order chi connectivity index (χ1) is 6.36. The van der Waals surface area contributed by atoms with Crippen LogP contribution < -0.4 is 5.73 Å². The fraction of sp³-hybridized carbons (Fsp3) is 0.909. The zero-order chi connectivity index (χ0) is 11.2. The third-order valence-corrected chi connectivity index (χ3v) is 2.93. The Bertz CT molecular complexity index is 178. The van der Waals surface area contributed by atoms with E-state index < -0.39 is 0 Å². The monoisotopic (exact) mass is 217 g/mol. The molecule has 0 atom stereocenters. The lowest BCUT2D eigenvalue weighted by atomic mass is 9.90. The second-order valence-corrected chi connectivity index (χ2v) is 5.23. The summed E-state index contributed by atoms with van der Waals surface area (Å²) in [6.07, 6.45) is 2.02. The van der Waals surface area contributed by atoms with Gasteiger partial charge in [0.15, 0.2) is 0 Å². The zero-order valence-corrected chi connectivity index (χ0v) is 10.6. The van der Waals surface area contributed by atoms with Crippen molar-refractivity contribution in [3.8, 4) is 0 Å². The summed E-state index contributed by atoms with van der Waals surface area (Å²) in [5, 5.41) is 0. The van der Waals surface area contributed by atoms with E-state index in [2.05, 4.69) is 27.7 Å². The van der Waals surface area contributed by atoms with Crippen molar-refractivity contribution < 1.29 is 4.74 Å². The van der Waals surface area contributed by atoms with E-state index >= 15 is 0 Å². The molecule has 0 radical (unpaired) electrons. The van der Waals surface area contributed by atoms with E-state index in [1.165, 1.54) is 0 Å². The van der Waals surface area contributed by atoms with Gasteiger partial charge < -0.3 is 10.5 Å². The maximum absolute atomic E-state index is 5.61. The van der Waals surface area contributed by atoms with Crippen LogP contribution in [0.5, 0.6) is 0 Å². The smallest absolute Gasteiger partial charge is 0.0785 e. The number of rotatable bonds is 7. The minimum Gasteiger partial charge on any atom is -0.393 e. The van der Waals surface area contributed by atoms with Gasteiger partial charge in [-0.2, -0.15) is 0 Å². The second kappa shape index (κ2) is 6.36. The average Bonchev–Trinajstić information content (AvgIpc) is 2.02. The number of hydrogen-bond acceptors (Lipinski definition) is 2. The Kier molecular flexibility index (Phi) is 6.29. The molecular weight excluding hydrogens is 194 g/mol. The van der Waals surface area contributed by atoms with Gasteiger partial charge in [0.05, 0.1) is 4.99 Å². The van der Waals surface area contributed by atoms with Crippen LogP contribution in [0.1, 0.15) is 40.5 Å². The zero-order valence-electron chi connectivity index (χ0n) is 9.80. The molecule has 84 valence electrons. The molecule has 14 heavy (non-hydrogen) atoms. The summed E-state index contributed by atoms with van der Waals surface area (Å²) < 4.78 is 5.52. The van der Waals surface area contributed by atoms with Crippen molar-refractivity contribution in [1.82, 2.24) is 0 Å². The SMILES string of the molecule is CC(C)CCOCCC(C)(C)C(N)=S. The molecule has 0 bridgehead atoms. The van der Waals surface area contributed by atoms with Crippen LogP contribution in [0.4, 0.5) is 0 Å². The number of nitrogens with two attached hydrogens (primary N) is 1. The maximum Gasteiger partial charge on any atom is 0.0785 e. The molecule has 0 spiro atoms. The fourth-order valence-corrected chi connectivity index (χ4v) is 0.974. The van der Waals surface area contributed by atoms with Crippen LogP contribution in [0.25, 0.3) is 0 Å². The largest absolute Gasteiger partial charge is 0.393 e. The normalized spacial score (nSPS) is 12.1. The van der Waals surface area contributed by atoms with Crippen LogP contribution in [-0.2, 0) is 4.74 Å². The summed E-state index contributed by atoms with van der Waals surface area (Å²) in [5.41, 5.74) is 5.53. The van der Waals surface area contributed by atoms with E-state index in [1.807, 2.05) is 0 Å². The molecule has 0 aromatic carbocycles. The minimum atomic E-state index is -0.0762. The van der Waals surface area contributed by atoms with E-state index in [0.717, 1.165) is 26.1 Å². The molecule has 0 aliphatic rings. The van der Waals surface area contributed by atoms with Crippen molar-refractivity contribution in [3.05, 3.63) is 0 Å². The number of hydrogen-bond donors (Lipinski definition) is 1. The van der Waals surface area contributed by atoms with Gasteiger partial charge >= 0.3 is 0 Å². The van der Waals surface area contributed by atoms with E-state index in [0.29, 0.717) is 10.9 Å². The van der Waals surface area contributed by atoms with Gasteiger partial charge in [0.25, 0.3) is 0 Å². The van der Waals surface area contributed by atoms with Crippen molar-refractivity contribution in [2.45, 2.75) is 40.5 Å². The highest BCUT2D eigenvalue weighted by atomic mass is 32.1. The van der Waals surface area contributed by atoms with Crippen molar-refractivity contribution in [1.29, 1.82) is 0 Å². The van der Waals surface area contributed by atoms with Gasteiger partial charge in [-0.3, -0.25) is 0 Å². The van der Waals surface area contributed by atoms with E-state index in [9.17, 15) is 0 Å². The highest BCUT2D eigenvalue weighted by Crippen LogP contribution is 2.20. The molecule has 2 N–H and O–H groups in total. The molecule has 2 nitrogen and oxygen atoms in total. The Morgan fingerprint density at radius 1 is 1.36 bits per heavy atom. The lowest BCUT2D eigenvalue weighted by molar-refractivity contribution is 0.108. The highest BCUT2D eigenvalue weighted by molar-refractivity contribution is 7.80. The number of thiocarbonyl (C=S) groups is 1. The lowest BCUT2D eigenvalue weighted by Gasteiger charge is -2.22. The first-order valence-electron chi connectivity index (χ1n) is 5.24. The van der Waals surface area contributed by atoms with Crippen molar-refractivity contribution in [2.75, 3.05) is 13.2 Å². The maximum atomic E-state index is 5.61. The van der Waals surface area contributed by atoms with Gasteiger partial charge in [0, 0.05) is 18.6 Å². The van der Waals surface area contributed by atoms with Crippen molar-refractivity contribution in [3.63, 3.8) is 0 Å². The predicted molar refractivity (Wildman–Crippen MR) is 65.5 cm³/mol. The lowest BCUT2D eigenvalue weighted by Crippen LogP contribution is -2.30.